The molecule has 1 N–H and O–H groups in total. The second-order valence-corrected chi connectivity index (χ2v) is 5.79. The molecule has 3 aromatic rings. The van der Waals surface area contributed by atoms with Crippen LogP contribution in [0.25, 0.3) is 11.0 Å². The zero-order valence-corrected chi connectivity index (χ0v) is 15.8. The average molecular weight is 358 g/mol. The van der Waals surface area contributed by atoms with E-state index in [0.29, 0.717) is 5.82 Å². The van der Waals surface area contributed by atoms with E-state index < -0.39 is 5.82 Å². The van der Waals surface area contributed by atoms with Crippen molar-refractivity contribution < 1.29 is 4.39 Å². The SMILES string of the molecule is CC.Cc1ccc(Nc2cc(=O)n(C)c3nc(C)n(C)c(=O)c23)c(F)c1. The van der Waals surface area contributed by atoms with Crippen LogP contribution in [0.4, 0.5) is 15.8 Å². The molecular weight excluding hydrogens is 335 g/mol. The Morgan fingerprint density at radius 3 is 2.27 bits per heavy atom. The molecule has 0 radical (unpaired) electrons. The lowest BCUT2D eigenvalue weighted by Gasteiger charge is -2.14. The van der Waals surface area contributed by atoms with Crippen molar-refractivity contribution in [3.8, 4) is 0 Å². The summed E-state index contributed by atoms with van der Waals surface area (Å²) in [7, 11) is 3.15. The van der Waals surface area contributed by atoms with Crippen LogP contribution < -0.4 is 16.4 Å². The maximum absolute atomic E-state index is 14.1. The molecule has 2 heterocycles. The summed E-state index contributed by atoms with van der Waals surface area (Å²) in [4.78, 5) is 29.1. The van der Waals surface area contributed by atoms with Crippen molar-refractivity contribution >= 4 is 22.4 Å². The third kappa shape index (κ3) is 3.37. The van der Waals surface area contributed by atoms with Crippen LogP contribution in [0.1, 0.15) is 25.2 Å². The third-order valence-corrected chi connectivity index (χ3v) is 4.07. The summed E-state index contributed by atoms with van der Waals surface area (Å²) in [5.41, 5.74) is 0.834. The lowest BCUT2D eigenvalue weighted by Crippen LogP contribution is -2.27. The Labute approximate surface area is 150 Å². The number of pyridine rings is 1. The van der Waals surface area contributed by atoms with Gasteiger partial charge in [0.05, 0.1) is 11.4 Å². The van der Waals surface area contributed by atoms with Gasteiger partial charge in [0.15, 0.2) is 5.65 Å². The highest BCUT2D eigenvalue weighted by Gasteiger charge is 2.15. The lowest BCUT2D eigenvalue weighted by molar-refractivity contribution is 0.630. The Bertz CT molecular complexity index is 1080. The molecule has 0 aliphatic rings. The summed E-state index contributed by atoms with van der Waals surface area (Å²) in [6, 6.07) is 5.97. The van der Waals surface area contributed by atoms with Crippen molar-refractivity contribution in [2.75, 3.05) is 5.32 Å². The fraction of sp³-hybridized carbons (Fsp3) is 0.316. The van der Waals surface area contributed by atoms with Crippen LogP contribution in [0.5, 0.6) is 0 Å². The number of aryl methyl sites for hydroxylation is 3. The van der Waals surface area contributed by atoms with E-state index >= 15 is 0 Å². The van der Waals surface area contributed by atoms with Gasteiger partial charge in [0.1, 0.15) is 17.0 Å². The van der Waals surface area contributed by atoms with E-state index in [1.54, 1.807) is 40.1 Å². The predicted molar refractivity (Wildman–Crippen MR) is 103 cm³/mol. The number of anilines is 2. The van der Waals surface area contributed by atoms with E-state index in [1.165, 1.54) is 21.3 Å². The topological polar surface area (TPSA) is 68.9 Å². The number of aromatic nitrogens is 3. The number of benzene rings is 1. The van der Waals surface area contributed by atoms with Gasteiger partial charge in [-0.15, -0.1) is 0 Å². The number of hydrogen-bond acceptors (Lipinski definition) is 4. The summed E-state index contributed by atoms with van der Waals surface area (Å²) in [6.07, 6.45) is 0. The number of rotatable bonds is 2. The molecule has 0 bridgehead atoms. The summed E-state index contributed by atoms with van der Waals surface area (Å²) < 4.78 is 16.8. The first-order valence-corrected chi connectivity index (χ1v) is 8.40. The largest absolute Gasteiger partial charge is 0.352 e. The molecule has 26 heavy (non-hydrogen) atoms. The highest BCUT2D eigenvalue weighted by Crippen LogP contribution is 2.24. The molecule has 0 unspecified atom stereocenters. The Kier molecular flexibility index (Phi) is 5.59. The van der Waals surface area contributed by atoms with E-state index in [1.807, 2.05) is 13.8 Å². The number of nitrogens with one attached hydrogen (secondary N) is 1. The van der Waals surface area contributed by atoms with Gasteiger partial charge in [-0.05, 0) is 31.5 Å². The molecule has 0 fully saturated rings. The van der Waals surface area contributed by atoms with Gasteiger partial charge in [-0.2, -0.15) is 0 Å². The molecule has 3 rings (SSSR count). The van der Waals surface area contributed by atoms with Gasteiger partial charge in [0, 0.05) is 20.2 Å². The quantitative estimate of drug-likeness (QED) is 0.764. The molecule has 138 valence electrons. The molecule has 0 aliphatic carbocycles. The van der Waals surface area contributed by atoms with Gasteiger partial charge in [0.25, 0.3) is 11.1 Å². The normalized spacial score (nSPS) is 10.4. The van der Waals surface area contributed by atoms with Crippen LogP contribution >= 0.6 is 0 Å². The van der Waals surface area contributed by atoms with Gasteiger partial charge in [-0.1, -0.05) is 19.9 Å². The highest BCUT2D eigenvalue weighted by molar-refractivity contribution is 5.90. The lowest BCUT2D eigenvalue weighted by atomic mass is 10.2. The summed E-state index contributed by atoms with van der Waals surface area (Å²) in [5, 5.41) is 3.10. The molecule has 0 atom stereocenters. The molecule has 0 amide bonds. The molecule has 6 nitrogen and oxygen atoms in total. The van der Waals surface area contributed by atoms with E-state index in [9.17, 15) is 14.0 Å². The van der Waals surface area contributed by atoms with Gasteiger partial charge in [-0.3, -0.25) is 18.7 Å². The molecule has 0 aliphatic heterocycles. The molecule has 7 heteroatoms. The van der Waals surface area contributed by atoms with Gasteiger partial charge < -0.3 is 5.32 Å². The molecule has 0 spiro atoms. The van der Waals surface area contributed by atoms with Gasteiger partial charge in [-0.25, -0.2) is 9.37 Å². The second kappa shape index (κ2) is 7.51. The third-order valence-electron chi connectivity index (χ3n) is 4.07. The van der Waals surface area contributed by atoms with Crippen molar-refractivity contribution in [3.63, 3.8) is 0 Å². The summed E-state index contributed by atoms with van der Waals surface area (Å²) >= 11 is 0. The highest BCUT2D eigenvalue weighted by atomic mass is 19.1. The average Bonchev–Trinajstić information content (AvgIpc) is 2.61. The Morgan fingerprint density at radius 2 is 1.65 bits per heavy atom. The van der Waals surface area contributed by atoms with Crippen molar-refractivity contribution in [3.05, 3.63) is 62.2 Å². The maximum atomic E-state index is 14.1. The predicted octanol–water partition coefficient (Wildman–Crippen LogP) is 3.16. The van der Waals surface area contributed by atoms with E-state index in [-0.39, 0.29) is 33.5 Å². The van der Waals surface area contributed by atoms with Crippen molar-refractivity contribution in [1.82, 2.24) is 14.1 Å². The fourth-order valence-corrected chi connectivity index (χ4v) is 2.53. The Balaban J connectivity index is 0.00000117. The number of hydrogen-bond donors (Lipinski definition) is 1. The number of nitrogens with zero attached hydrogens (tertiary/aromatic N) is 3. The first-order chi connectivity index (χ1) is 12.3. The van der Waals surface area contributed by atoms with E-state index in [0.717, 1.165) is 5.56 Å². The minimum atomic E-state index is -0.458. The molecule has 0 saturated heterocycles. The van der Waals surface area contributed by atoms with Crippen LogP contribution in [0, 0.1) is 19.7 Å². The molecule has 0 saturated carbocycles. The van der Waals surface area contributed by atoms with E-state index in [4.69, 9.17) is 0 Å². The first kappa shape index (κ1) is 19.4. The van der Waals surface area contributed by atoms with Crippen LogP contribution in [0.15, 0.2) is 33.9 Å². The fourth-order valence-electron chi connectivity index (χ4n) is 2.53. The molecular formula is C19H23FN4O2. The minimum absolute atomic E-state index is 0.192. The van der Waals surface area contributed by atoms with Gasteiger partial charge >= 0.3 is 0 Å². The first-order valence-electron chi connectivity index (χ1n) is 8.40. The van der Waals surface area contributed by atoms with Crippen molar-refractivity contribution in [2.45, 2.75) is 27.7 Å². The smallest absolute Gasteiger partial charge is 0.264 e. The Hall–Kier alpha value is -2.96. The monoisotopic (exact) mass is 358 g/mol. The van der Waals surface area contributed by atoms with E-state index in [2.05, 4.69) is 10.3 Å². The minimum Gasteiger partial charge on any atom is -0.352 e. The zero-order valence-electron chi connectivity index (χ0n) is 15.8. The molecule has 1 aromatic carbocycles. The summed E-state index contributed by atoms with van der Waals surface area (Å²) in [5.74, 6) is 0.0295. The second-order valence-electron chi connectivity index (χ2n) is 5.79. The number of fused-ring (bicyclic) bond motifs is 1. The summed E-state index contributed by atoms with van der Waals surface area (Å²) in [6.45, 7) is 7.47. The zero-order chi connectivity index (χ0) is 19.6. The Morgan fingerprint density at radius 1 is 1.00 bits per heavy atom. The van der Waals surface area contributed by atoms with Crippen molar-refractivity contribution in [1.29, 1.82) is 0 Å². The van der Waals surface area contributed by atoms with Crippen molar-refractivity contribution in [2.24, 2.45) is 14.1 Å². The van der Waals surface area contributed by atoms with Crippen LogP contribution in [-0.4, -0.2) is 14.1 Å². The molecule has 2 aromatic heterocycles. The van der Waals surface area contributed by atoms with Crippen LogP contribution in [0.3, 0.4) is 0 Å². The van der Waals surface area contributed by atoms with Gasteiger partial charge in [0.2, 0.25) is 0 Å². The van der Waals surface area contributed by atoms with Crippen LogP contribution in [0.2, 0.25) is 0 Å². The number of halogens is 1. The maximum Gasteiger partial charge on any atom is 0.264 e. The standard InChI is InChI=1S/C17H17FN4O2.C2H6/c1-9-5-6-12(11(18)7-9)20-13-8-14(23)22(4)16-15(13)17(24)21(3)10(2)19-16;1-2/h5-8,20H,1-4H3;1-2H3. The van der Waals surface area contributed by atoms with Crippen LogP contribution in [-0.2, 0) is 14.1 Å².